The van der Waals surface area contributed by atoms with Gasteiger partial charge in [-0.2, -0.15) is 5.10 Å². The van der Waals surface area contributed by atoms with Crippen molar-refractivity contribution in [1.29, 1.82) is 0 Å². The van der Waals surface area contributed by atoms with Crippen molar-refractivity contribution < 1.29 is 9.53 Å². The second-order valence-corrected chi connectivity index (χ2v) is 6.71. The number of halogens is 1. The lowest BCUT2D eigenvalue weighted by Crippen LogP contribution is -2.38. The van der Waals surface area contributed by atoms with Crippen molar-refractivity contribution in [2.24, 2.45) is 14.1 Å². The monoisotopic (exact) mass is 414 g/mol. The van der Waals surface area contributed by atoms with Crippen LogP contribution in [-0.2, 0) is 30.2 Å². The molecule has 0 aliphatic carbocycles. The van der Waals surface area contributed by atoms with E-state index in [1.807, 2.05) is 30.3 Å². The van der Waals surface area contributed by atoms with Crippen LogP contribution < -0.4 is 11.2 Å². The van der Waals surface area contributed by atoms with Gasteiger partial charge < -0.3 is 4.74 Å². The highest BCUT2D eigenvalue weighted by molar-refractivity contribution is 6.31. The van der Waals surface area contributed by atoms with Crippen LogP contribution in [0.3, 0.4) is 0 Å². The van der Waals surface area contributed by atoms with Gasteiger partial charge in [0.15, 0.2) is 0 Å². The average molecular weight is 415 g/mol. The molecule has 0 amide bonds. The first kappa shape index (κ1) is 20.3. The third-order valence-corrected chi connectivity index (χ3v) is 4.79. The zero-order valence-corrected chi connectivity index (χ0v) is 16.9. The van der Waals surface area contributed by atoms with Crippen molar-refractivity contribution >= 4 is 23.6 Å². The molecule has 0 aliphatic heterocycles. The number of carbonyl (C=O) groups is 1. The van der Waals surface area contributed by atoms with Crippen LogP contribution in [0.5, 0.6) is 0 Å². The van der Waals surface area contributed by atoms with Crippen molar-refractivity contribution in [3.8, 4) is 5.69 Å². The molecule has 0 saturated carbocycles. The number of carbonyl (C=O) groups excluding carboxylic acids is 1. The minimum absolute atomic E-state index is 0.207. The second-order valence-electron chi connectivity index (χ2n) is 6.35. The van der Waals surface area contributed by atoms with E-state index in [0.717, 1.165) is 10.3 Å². The number of rotatable bonds is 5. The highest BCUT2D eigenvalue weighted by Crippen LogP contribution is 2.24. The van der Waals surface area contributed by atoms with Gasteiger partial charge in [-0.25, -0.2) is 14.3 Å². The zero-order valence-electron chi connectivity index (χ0n) is 16.1. The first-order valence-electron chi connectivity index (χ1n) is 8.71. The molecule has 0 N–H and O–H groups in total. The van der Waals surface area contributed by atoms with E-state index in [-0.39, 0.29) is 6.61 Å². The lowest BCUT2D eigenvalue weighted by Gasteiger charge is -2.09. The number of aryl methyl sites for hydroxylation is 1. The second kappa shape index (κ2) is 8.32. The van der Waals surface area contributed by atoms with Gasteiger partial charge in [0.2, 0.25) is 0 Å². The van der Waals surface area contributed by atoms with Gasteiger partial charge in [-0.15, -0.1) is 0 Å². The summed E-state index contributed by atoms with van der Waals surface area (Å²) < 4.78 is 8.95. The van der Waals surface area contributed by atoms with Crippen LogP contribution in [0.25, 0.3) is 11.8 Å². The molecule has 0 aliphatic rings. The molecule has 29 heavy (non-hydrogen) atoms. The molecule has 2 heterocycles. The summed E-state index contributed by atoms with van der Waals surface area (Å²) in [6.45, 7) is 1.58. The van der Waals surface area contributed by atoms with Gasteiger partial charge in [0.05, 0.1) is 17.1 Å². The van der Waals surface area contributed by atoms with Crippen LogP contribution in [0.2, 0.25) is 5.15 Å². The number of nitrogens with zero attached hydrogens (tertiary/aromatic N) is 4. The minimum atomic E-state index is -0.638. The topological polar surface area (TPSA) is 88.1 Å². The van der Waals surface area contributed by atoms with Crippen LogP contribution in [0, 0.1) is 6.92 Å². The lowest BCUT2D eigenvalue weighted by atomic mass is 10.2. The van der Waals surface area contributed by atoms with E-state index in [0.29, 0.717) is 22.1 Å². The van der Waals surface area contributed by atoms with Gasteiger partial charge in [-0.3, -0.25) is 13.9 Å². The van der Waals surface area contributed by atoms with Gasteiger partial charge in [-0.05, 0) is 25.1 Å². The van der Waals surface area contributed by atoms with Gasteiger partial charge in [-0.1, -0.05) is 29.8 Å². The molecule has 8 nitrogen and oxygen atoms in total. The summed E-state index contributed by atoms with van der Waals surface area (Å²) in [6, 6.07) is 10.6. The summed E-state index contributed by atoms with van der Waals surface area (Å²) in [6.07, 6.45) is 2.75. The van der Waals surface area contributed by atoms with E-state index in [2.05, 4.69) is 5.10 Å². The maximum absolute atomic E-state index is 12.1. The Bertz CT molecular complexity index is 1210. The third kappa shape index (κ3) is 4.22. The Kier molecular flexibility index (Phi) is 5.84. The third-order valence-electron chi connectivity index (χ3n) is 4.42. The van der Waals surface area contributed by atoms with Crippen LogP contribution in [0.15, 0.2) is 52.1 Å². The molecule has 3 rings (SSSR count). The van der Waals surface area contributed by atoms with Crippen molar-refractivity contribution in [2.75, 3.05) is 0 Å². The van der Waals surface area contributed by atoms with E-state index >= 15 is 0 Å². The molecule has 0 atom stereocenters. The van der Waals surface area contributed by atoms with E-state index in [4.69, 9.17) is 16.3 Å². The molecule has 0 fully saturated rings. The summed E-state index contributed by atoms with van der Waals surface area (Å²) in [5.41, 5.74) is 1.38. The Balaban J connectivity index is 1.75. The molecule has 2 aromatic heterocycles. The maximum atomic E-state index is 12.1. The Morgan fingerprint density at radius 3 is 2.55 bits per heavy atom. The first-order valence-corrected chi connectivity index (χ1v) is 9.08. The molecule has 3 aromatic rings. The number of ether oxygens (including phenoxy) is 1. The zero-order chi connectivity index (χ0) is 21.1. The molecular formula is C20H19ClN4O4. The molecule has 0 radical (unpaired) electrons. The van der Waals surface area contributed by atoms with Crippen LogP contribution >= 0.6 is 11.6 Å². The molecule has 9 heteroatoms. The van der Waals surface area contributed by atoms with Gasteiger partial charge >= 0.3 is 11.7 Å². The van der Waals surface area contributed by atoms with Crippen LogP contribution in [0.4, 0.5) is 0 Å². The van der Waals surface area contributed by atoms with E-state index < -0.39 is 17.2 Å². The first-order chi connectivity index (χ1) is 13.8. The number of hydrogen-bond donors (Lipinski definition) is 0. The molecule has 0 bridgehead atoms. The van der Waals surface area contributed by atoms with Crippen LogP contribution in [-0.4, -0.2) is 24.9 Å². The van der Waals surface area contributed by atoms with Crippen molar-refractivity contribution in [1.82, 2.24) is 18.9 Å². The van der Waals surface area contributed by atoms with Crippen molar-refractivity contribution in [2.45, 2.75) is 13.5 Å². The van der Waals surface area contributed by atoms with Crippen molar-refractivity contribution in [3.05, 3.63) is 85.4 Å². The van der Waals surface area contributed by atoms with E-state index in [9.17, 15) is 14.4 Å². The number of hydrogen-bond acceptors (Lipinski definition) is 5. The highest BCUT2D eigenvalue weighted by atomic mass is 35.5. The fourth-order valence-corrected chi connectivity index (χ4v) is 3.04. The smallest absolute Gasteiger partial charge is 0.331 e. The van der Waals surface area contributed by atoms with Gasteiger partial charge in [0.1, 0.15) is 11.8 Å². The quantitative estimate of drug-likeness (QED) is 0.470. The average Bonchev–Trinajstić information content (AvgIpc) is 3.00. The van der Waals surface area contributed by atoms with Gasteiger partial charge in [0, 0.05) is 31.8 Å². The predicted molar refractivity (Wildman–Crippen MR) is 109 cm³/mol. The molecule has 0 spiro atoms. The fraction of sp³-hybridized carbons (Fsp3) is 0.200. The molecule has 0 unspecified atom stereocenters. The Morgan fingerprint density at radius 1 is 1.17 bits per heavy atom. The van der Waals surface area contributed by atoms with Crippen molar-refractivity contribution in [3.63, 3.8) is 0 Å². The predicted octanol–water partition coefficient (Wildman–Crippen LogP) is 1.99. The summed E-state index contributed by atoms with van der Waals surface area (Å²) in [5.74, 6) is -0.638. The highest BCUT2D eigenvalue weighted by Gasteiger charge is 2.13. The Hall–Kier alpha value is -3.39. The Morgan fingerprint density at radius 2 is 1.86 bits per heavy atom. The largest absolute Gasteiger partial charge is 0.456 e. The summed E-state index contributed by atoms with van der Waals surface area (Å²) in [7, 11) is 2.88. The standard InChI is InChI=1S/C20H19ClN4O4/c1-13-16(19(21)25(22-13)14-7-5-4-6-8-14)9-10-18(27)29-12-15-11-17(26)24(3)20(28)23(15)2/h4-11H,12H2,1-3H3/b10-9+. The summed E-state index contributed by atoms with van der Waals surface area (Å²) in [4.78, 5) is 35.7. The van der Waals surface area contributed by atoms with E-state index in [1.165, 1.54) is 36.9 Å². The molecule has 150 valence electrons. The SMILES string of the molecule is Cc1nn(-c2ccccc2)c(Cl)c1/C=C/C(=O)OCc1cc(=O)n(C)c(=O)n1C. The molecule has 1 aromatic carbocycles. The Labute approximate surface area is 171 Å². The molecule has 0 saturated heterocycles. The molecular weight excluding hydrogens is 396 g/mol. The normalized spacial score (nSPS) is 11.2. The number of benzene rings is 1. The van der Waals surface area contributed by atoms with E-state index in [1.54, 1.807) is 11.6 Å². The fourth-order valence-electron chi connectivity index (χ4n) is 2.70. The summed E-state index contributed by atoms with van der Waals surface area (Å²) >= 11 is 6.41. The number of esters is 1. The summed E-state index contributed by atoms with van der Waals surface area (Å²) in [5, 5.41) is 4.76. The van der Waals surface area contributed by atoms with Crippen LogP contribution in [0.1, 0.15) is 17.0 Å². The minimum Gasteiger partial charge on any atom is -0.456 e. The maximum Gasteiger partial charge on any atom is 0.331 e. The van der Waals surface area contributed by atoms with Gasteiger partial charge in [0.25, 0.3) is 5.56 Å². The number of aromatic nitrogens is 4. The number of para-hydroxylation sites is 1. The lowest BCUT2D eigenvalue weighted by molar-refractivity contribution is -0.139.